The van der Waals surface area contributed by atoms with Crippen molar-refractivity contribution in [2.75, 3.05) is 38.4 Å². The maximum atomic E-state index is 10.7. The van der Waals surface area contributed by atoms with Crippen LogP contribution in [0.3, 0.4) is 0 Å². The van der Waals surface area contributed by atoms with Gasteiger partial charge in [0.05, 0.1) is 6.61 Å². The predicted octanol–water partition coefficient (Wildman–Crippen LogP) is 3.29. The van der Waals surface area contributed by atoms with Crippen LogP contribution in [-0.4, -0.2) is 44.9 Å². The summed E-state index contributed by atoms with van der Waals surface area (Å²) in [6.07, 6.45) is 1.65. The van der Waals surface area contributed by atoms with Crippen molar-refractivity contribution in [3.63, 3.8) is 0 Å². The van der Waals surface area contributed by atoms with Crippen LogP contribution in [0.1, 0.15) is 33.6 Å². The minimum Gasteiger partial charge on any atom is -0.494 e. The third-order valence-corrected chi connectivity index (χ3v) is 2.89. The Hall–Kier alpha value is -1.59. The van der Waals surface area contributed by atoms with Gasteiger partial charge in [-0.2, -0.15) is 0 Å². The molecule has 0 aromatic heterocycles. The molecule has 1 aromatic carbocycles. The number of ether oxygens (including phenoxy) is 3. The van der Waals surface area contributed by atoms with Crippen molar-refractivity contribution in [2.45, 2.75) is 39.7 Å². The first-order valence-corrected chi connectivity index (χ1v) is 8.22. The molecule has 1 rings (SSSR count). The summed E-state index contributed by atoms with van der Waals surface area (Å²) in [5.41, 5.74) is 1.10. The molecule has 5 nitrogen and oxygen atoms in total. The zero-order valence-electron chi connectivity index (χ0n) is 14.5. The average Bonchev–Trinajstić information content (AvgIpc) is 2.50. The molecule has 0 fully saturated rings. The molecule has 0 spiro atoms. The van der Waals surface area contributed by atoms with E-state index in [1.54, 1.807) is 0 Å². The summed E-state index contributed by atoms with van der Waals surface area (Å²) >= 11 is 0. The van der Waals surface area contributed by atoms with Crippen LogP contribution in [0.2, 0.25) is 0 Å². The normalized spacial score (nSPS) is 10.8. The first kappa shape index (κ1) is 19.5. The molecular weight excluding hydrogens is 294 g/mol. The van der Waals surface area contributed by atoms with E-state index in [4.69, 9.17) is 14.2 Å². The van der Waals surface area contributed by atoms with Crippen molar-refractivity contribution < 1.29 is 19.0 Å². The number of nitrogens with one attached hydrogen (secondary N) is 1. The Morgan fingerprint density at radius 2 is 1.61 bits per heavy atom. The number of hydrogen-bond acceptors (Lipinski definition) is 5. The zero-order valence-corrected chi connectivity index (χ0v) is 14.5. The summed E-state index contributed by atoms with van der Waals surface area (Å²) in [6.45, 7) is 8.45. The lowest BCUT2D eigenvalue weighted by molar-refractivity contribution is -0.121. The fourth-order valence-electron chi connectivity index (χ4n) is 1.91. The van der Waals surface area contributed by atoms with Crippen molar-refractivity contribution in [3.8, 4) is 5.75 Å². The second-order valence-corrected chi connectivity index (χ2v) is 5.75. The lowest BCUT2D eigenvalue weighted by atomic mass is 10.2. The van der Waals surface area contributed by atoms with Gasteiger partial charge in [-0.25, -0.2) is 0 Å². The average molecular weight is 323 g/mol. The minimum absolute atomic E-state index is 0.0519. The molecule has 0 heterocycles. The van der Waals surface area contributed by atoms with Crippen molar-refractivity contribution in [1.82, 2.24) is 0 Å². The van der Waals surface area contributed by atoms with Gasteiger partial charge in [-0.3, -0.25) is 4.79 Å². The summed E-state index contributed by atoms with van der Waals surface area (Å²) in [4.78, 5) is 10.7. The first-order chi connectivity index (χ1) is 11.1. The van der Waals surface area contributed by atoms with Gasteiger partial charge >= 0.3 is 0 Å². The van der Waals surface area contributed by atoms with E-state index in [1.165, 1.54) is 6.92 Å². The van der Waals surface area contributed by atoms with Gasteiger partial charge in [0.25, 0.3) is 0 Å². The topological polar surface area (TPSA) is 56.8 Å². The molecule has 0 saturated carbocycles. The highest BCUT2D eigenvalue weighted by Crippen LogP contribution is 2.16. The van der Waals surface area contributed by atoms with Crippen LogP contribution < -0.4 is 10.1 Å². The van der Waals surface area contributed by atoms with Crippen LogP contribution in [0.15, 0.2) is 24.3 Å². The smallest absolute Gasteiger partial charge is 0.155 e. The number of carbonyl (C=O) groups is 1. The molecule has 1 aromatic rings. The lowest BCUT2D eigenvalue weighted by Gasteiger charge is -2.11. The minimum atomic E-state index is 0.0519. The van der Waals surface area contributed by atoms with E-state index in [1.807, 2.05) is 24.3 Å². The zero-order chi connectivity index (χ0) is 16.9. The Labute approximate surface area is 139 Å². The largest absolute Gasteiger partial charge is 0.494 e. The van der Waals surface area contributed by atoms with Crippen LogP contribution in [0.4, 0.5) is 5.69 Å². The molecule has 23 heavy (non-hydrogen) atoms. The Bertz CT molecular complexity index is 431. The summed E-state index contributed by atoms with van der Waals surface area (Å²) in [5, 5.41) is 3.34. The molecule has 0 bridgehead atoms. The highest BCUT2D eigenvalue weighted by Gasteiger charge is 1.98. The Kier molecular flexibility index (Phi) is 10.1. The maximum absolute atomic E-state index is 10.7. The van der Waals surface area contributed by atoms with E-state index in [9.17, 15) is 4.79 Å². The molecule has 0 aliphatic rings. The lowest BCUT2D eigenvalue weighted by Crippen LogP contribution is -2.09. The van der Waals surface area contributed by atoms with E-state index < -0.39 is 0 Å². The summed E-state index contributed by atoms with van der Waals surface area (Å²) in [7, 11) is 0. The fourth-order valence-corrected chi connectivity index (χ4v) is 1.91. The van der Waals surface area contributed by atoms with E-state index in [-0.39, 0.29) is 12.4 Å². The Balaban J connectivity index is 1.97. The summed E-state index contributed by atoms with van der Waals surface area (Å²) in [5.74, 6) is 0.924. The van der Waals surface area contributed by atoms with Crippen LogP contribution in [0.5, 0.6) is 5.75 Å². The molecule has 0 radical (unpaired) electrons. The molecule has 0 unspecified atom stereocenters. The molecule has 0 aliphatic carbocycles. The molecule has 130 valence electrons. The number of benzene rings is 1. The van der Waals surface area contributed by atoms with Gasteiger partial charge in [-0.05, 0) is 51.5 Å². The highest BCUT2D eigenvalue weighted by atomic mass is 16.5. The Morgan fingerprint density at radius 1 is 1.00 bits per heavy atom. The van der Waals surface area contributed by atoms with Crippen LogP contribution in [0.25, 0.3) is 0 Å². The van der Waals surface area contributed by atoms with Gasteiger partial charge in [-0.1, -0.05) is 0 Å². The van der Waals surface area contributed by atoms with Crippen LogP contribution in [0, 0.1) is 0 Å². The third kappa shape index (κ3) is 10.7. The number of ketones is 1. The fraction of sp³-hybridized carbons (Fsp3) is 0.611. The quantitative estimate of drug-likeness (QED) is 0.565. The number of anilines is 1. The SMILES string of the molecule is CC(=O)COCCCOCCCOc1ccc(NC(C)C)cc1. The Morgan fingerprint density at radius 3 is 2.22 bits per heavy atom. The number of rotatable bonds is 13. The molecular formula is C18H29NO4. The number of hydrogen-bond donors (Lipinski definition) is 1. The van der Waals surface area contributed by atoms with Gasteiger partial charge in [0.1, 0.15) is 12.4 Å². The predicted molar refractivity (Wildman–Crippen MR) is 92.2 cm³/mol. The monoisotopic (exact) mass is 323 g/mol. The summed E-state index contributed by atoms with van der Waals surface area (Å²) < 4.78 is 16.3. The van der Waals surface area contributed by atoms with Gasteiger partial charge in [-0.15, -0.1) is 0 Å². The maximum Gasteiger partial charge on any atom is 0.155 e. The van der Waals surface area contributed by atoms with Crippen LogP contribution in [-0.2, 0) is 14.3 Å². The first-order valence-electron chi connectivity index (χ1n) is 8.22. The standard InChI is InChI=1S/C18H29NO4/c1-15(2)19-17-6-8-18(9-7-17)23-13-5-11-21-10-4-12-22-14-16(3)20/h6-9,15,19H,4-5,10-14H2,1-3H3. The van der Waals surface area contributed by atoms with Crippen molar-refractivity contribution >= 4 is 11.5 Å². The second kappa shape index (κ2) is 11.9. The van der Waals surface area contributed by atoms with Gasteiger partial charge in [0, 0.05) is 38.0 Å². The molecule has 0 amide bonds. The van der Waals surface area contributed by atoms with Gasteiger partial charge < -0.3 is 19.5 Å². The van der Waals surface area contributed by atoms with Crippen molar-refractivity contribution in [3.05, 3.63) is 24.3 Å². The second-order valence-electron chi connectivity index (χ2n) is 5.75. The van der Waals surface area contributed by atoms with E-state index in [2.05, 4.69) is 19.2 Å². The van der Waals surface area contributed by atoms with Crippen molar-refractivity contribution in [1.29, 1.82) is 0 Å². The van der Waals surface area contributed by atoms with Crippen molar-refractivity contribution in [2.24, 2.45) is 0 Å². The van der Waals surface area contributed by atoms with Gasteiger partial charge in [0.2, 0.25) is 0 Å². The number of carbonyl (C=O) groups excluding carboxylic acids is 1. The molecule has 0 atom stereocenters. The molecule has 5 heteroatoms. The molecule has 0 aliphatic heterocycles. The van der Waals surface area contributed by atoms with E-state index >= 15 is 0 Å². The third-order valence-electron chi connectivity index (χ3n) is 2.89. The number of Topliss-reactive ketones (excluding diaryl/α,β-unsaturated/α-hetero) is 1. The highest BCUT2D eigenvalue weighted by molar-refractivity contribution is 5.76. The summed E-state index contributed by atoms with van der Waals surface area (Å²) in [6, 6.07) is 8.40. The molecule has 0 saturated heterocycles. The molecule has 1 N–H and O–H groups in total. The van der Waals surface area contributed by atoms with E-state index in [0.29, 0.717) is 32.5 Å². The van der Waals surface area contributed by atoms with Gasteiger partial charge in [0.15, 0.2) is 5.78 Å². The van der Waals surface area contributed by atoms with E-state index in [0.717, 1.165) is 24.3 Å². The van der Waals surface area contributed by atoms with Crippen LogP contribution >= 0.6 is 0 Å².